The Morgan fingerprint density at radius 1 is 1.27 bits per heavy atom. The Labute approximate surface area is 128 Å². The summed E-state index contributed by atoms with van der Waals surface area (Å²) in [6.07, 6.45) is 2.82. The zero-order chi connectivity index (χ0) is 16.1. The van der Waals surface area contributed by atoms with Crippen molar-refractivity contribution in [2.75, 3.05) is 30.8 Å². The lowest BCUT2D eigenvalue weighted by atomic mass is 10.2. The lowest BCUT2D eigenvalue weighted by Gasteiger charge is -2.16. The van der Waals surface area contributed by atoms with Gasteiger partial charge in [0.25, 0.3) is 0 Å². The summed E-state index contributed by atoms with van der Waals surface area (Å²) in [6, 6.07) is 1.75. The van der Waals surface area contributed by atoms with Crippen LogP contribution in [0.4, 0.5) is 16.2 Å². The maximum atomic E-state index is 14.2. The summed E-state index contributed by atoms with van der Waals surface area (Å²) in [4.78, 5) is 10.5. The van der Waals surface area contributed by atoms with Crippen molar-refractivity contribution in [2.24, 2.45) is 5.73 Å². The molecular formula is C14H22FN7. The highest BCUT2D eigenvalue weighted by atomic mass is 19.1. The molecule has 0 aromatic carbocycles. The van der Waals surface area contributed by atoms with Gasteiger partial charge in [0, 0.05) is 19.2 Å². The van der Waals surface area contributed by atoms with E-state index < -0.39 is 0 Å². The van der Waals surface area contributed by atoms with Gasteiger partial charge in [-0.25, -0.2) is 9.37 Å². The van der Waals surface area contributed by atoms with Gasteiger partial charge in [0.15, 0.2) is 5.82 Å². The molecule has 1 saturated heterocycles. The molecule has 7 nitrogen and oxygen atoms in total. The van der Waals surface area contributed by atoms with Gasteiger partial charge in [0.05, 0.1) is 5.69 Å². The van der Waals surface area contributed by atoms with Crippen molar-refractivity contribution in [3.05, 3.63) is 17.6 Å². The standard InChI is InChI=1S/C13H17FN6.CH5N/c1-2-8-11(14)12(19-18-8)9-7-10(17-13(15)16-9)20-5-3-4-6-20;1-2/h7H,2-6H2,1H3,(H,18,19)(H2,15,16,17);2H2,1H3. The number of hydrogen-bond donors (Lipinski definition) is 3. The fourth-order valence-electron chi connectivity index (χ4n) is 2.45. The van der Waals surface area contributed by atoms with Crippen molar-refractivity contribution in [1.82, 2.24) is 20.2 Å². The minimum Gasteiger partial charge on any atom is -0.368 e. The molecule has 5 N–H and O–H groups in total. The third-order valence-corrected chi connectivity index (χ3v) is 3.53. The maximum Gasteiger partial charge on any atom is 0.222 e. The average Bonchev–Trinajstić information content (AvgIpc) is 3.18. The third kappa shape index (κ3) is 3.16. The summed E-state index contributed by atoms with van der Waals surface area (Å²) in [5.74, 6) is 0.522. The highest BCUT2D eigenvalue weighted by Crippen LogP contribution is 2.26. The van der Waals surface area contributed by atoms with Gasteiger partial charge >= 0.3 is 0 Å². The predicted molar refractivity (Wildman–Crippen MR) is 84.9 cm³/mol. The summed E-state index contributed by atoms with van der Waals surface area (Å²) in [5.41, 5.74) is 11.3. The molecule has 3 heterocycles. The van der Waals surface area contributed by atoms with E-state index in [4.69, 9.17) is 5.73 Å². The smallest absolute Gasteiger partial charge is 0.222 e. The Hall–Kier alpha value is -2.22. The van der Waals surface area contributed by atoms with Crippen LogP contribution >= 0.6 is 0 Å². The average molecular weight is 307 g/mol. The van der Waals surface area contributed by atoms with E-state index in [9.17, 15) is 4.39 Å². The molecule has 0 bridgehead atoms. The molecule has 1 aliphatic rings. The van der Waals surface area contributed by atoms with Crippen molar-refractivity contribution in [2.45, 2.75) is 26.2 Å². The summed E-state index contributed by atoms with van der Waals surface area (Å²) in [6.45, 7) is 3.75. The number of nitrogens with zero attached hydrogens (tertiary/aromatic N) is 4. The van der Waals surface area contributed by atoms with Crippen LogP contribution in [0.1, 0.15) is 25.5 Å². The molecule has 2 aromatic rings. The van der Waals surface area contributed by atoms with E-state index in [2.05, 4.69) is 30.8 Å². The molecule has 22 heavy (non-hydrogen) atoms. The number of anilines is 2. The molecule has 0 amide bonds. The quantitative estimate of drug-likeness (QED) is 0.789. The topological polar surface area (TPSA) is 110 Å². The highest BCUT2D eigenvalue weighted by Gasteiger charge is 2.19. The van der Waals surface area contributed by atoms with E-state index in [1.54, 1.807) is 6.07 Å². The van der Waals surface area contributed by atoms with Crippen LogP contribution in [-0.2, 0) is 6.42 Å². The van der Waals surface area contributed by atoms with E-state index in [1.807, 2.05) is 6.92 Å². The summed E-state index contributed by atoms with van der Waals surface area (Å²) in [5, 5.41) is 6.69. The van der Waals surface area contributed by atoms with Gasteiger partial charge in [-0.05, 0) is 26.3 Å². The molecule has 0 atom stereocenters. The fourth-order valence-corrected chi connectivity index (χ4v) is 2.45. The number of aromatic amines is 1. The summed E-state index contributed by atoms with van der Waals surface area (Å²) in [7, 11) is 1.50. The second-order valence-electron chi connectivity index (χ2n) is 4.88. The molecule has 8 heteroatoms. The van der Waals surface area contributed by atoms with Gasteiger partial charge < -0.3 is 16.4 Å². The van der Waals surface area contributed by atoms with Gasteiger partial charge in [-0.3, -0.25) is 5.10 Å². The first-order chi connectivity index (χ1) is 10.7. The number of H-pyrrole nitrogens is 1. The van der Waals surface area contributed by atoms with Crippen molar-refractivity contribution in [3.8, 4) is 11.4 Å². The van der Waals surface area contributed by atoms with Crippen molar-refractivity contribution in [3.63, 3.8) is 0 Å². The van der Waals surface area contributed by atoms with Gasteiger partial charge in [0.1, 0.15) is 17.2 Å². The number of aromatic nitrogens is 4. The van der Waals surface area contributed by atoms with E-state index in [0.717, 1.165) is 31.7 Å². The lowest BCUT2D eigenvalue weighted by molar-refractivity contribution is 0.615. The number of nitrogens with two attached hydrogens (primary N) is 2. The normalized spacial score (nSPS) is 13.9. The third-order valence-electron chi connectivity index (χ3n) is 3.53. The molecule has 0 saturated carbocycles. The summed E-state index contributed by atoms with van der Waals surface area (Å²) < 4.78 is 14.2. The minimum atomic E-state index is -0.363. The molecule has 0 spiro atoms. The Kier molecular flexibility index (Phi) is 5.26. The zero-order valence-corrected chi connectivity index (χ0v) is 12.9. The van der Waals surface area contributed by atoms with E-state index in [1.165, 1.54) is 7.05 Å². The van der Waals surface area contributed by atoms with Gasteiger partial charge in [-0.2, -0.15) is 10.1 Å². The Bertz CT molecular complexity index is 620. The fraction of sp³-hybridized carbons (Fsp3) is 0.500. The molecule has 1 fully saturated rings. The highest BCUT2D eigenvalue weighted by molar-refractivity contribution is 5.62. The molecule has 0 radical (unpaired) electrons. The predicted octanol–water partition coefficient (Wildman–Crippen LogP) is 1.33. The second kappa shape index (κ2) is 7.17. The second-order valence-corrected chi connectivity index (χ2v) is 4.88. The molecule has 0 aliphatic carbocycles. The molecule has 1 aliphatic heterocycles. The molecular weight excluding hydrogens is 285 g/mol. The van der Waals surface area contributed by atoms with Crippen LogP contribution < -0.4 is 16.4 Å². The molecule has 120 valence electrons. The van der Waals surface area contributed by atoms with Crippen LogP contribution in [0.3, 0.4) is 0 Å². The first-order valence-corrected chi connectivity index (χ1v) is 7.39. The van der Waals surface area contributed by atoms with Crippen LogP contribution in [-0.4, -0.2) is 40.3 Å². The van der Waals surface area contributed by atoms with Crippen LogP contribution in [0, 0.1) is 5.82 Å². The van der Waals surface area contributed by atoms with Crippen LogP contribution in [0.5, 0.6) is 0 Å². The Balaban J connectivity index is 0.000000847. The molecule has 2 aromatic heterocycles. The number of halogens is 1. The zero-order valence-electron chi connectivity index (χ0n) is 12.9. The maximum absolute atomic E-state index is 14.2. The number of nitrogen functional groups attached to an aromatic ring is 1. The minimum absolute atomic E-state index is 0.143. The number of hydrogen-bond acceptors (Lipinski definition) is 6. The Morgan fingerprint density at radius 3 is 2.55 bits per heavy atom. The van der Waals surface area contributed by atoms with Crippen LogP contribution in [0.2, 0.25) is 0 Å². The van der Waals surface area contributed by atoms with E-state index in [0.29, 0.717) is 17.8 Å². The summed E-state index contributed by atoms with van der Waals surface area (Å²) >= 11 is 0. The van der Waals surface area contributed by atoms with E-state index in [-0.39, 0.29) is 17.5 Å². The SMILES string of the molecule is CCc1[nH]nc(-c2cc(N3CCCC3)nc(N)n2)c1F.CN. The van der Waals surface area contributed by atoms with Gasteiger partial charge in [-0.1, -0.05) is 6.92 Å². The van der Waals surface area contributed by atoms with Gasteiger partial charge in [0.2, 0.25) is 5.95 Å². The van der Waals surface area contributed by atoms with Crippen molar-refractivity contribution < 1.29 is 4.39 Å². The largest absolute Gasteiger partial charge is 0.368 e. The number of aryl methyl sites for hydroxylation is 1. The molecule has 0 unspecified atom stereocenters. The van der Waals surface area contributed by atoms with E-state index >= 15 is 0 Å². The monoisotopic (exact) mass is 307 g/mol. The first-order valence-electron chi connectivity index (χ1n) is 7.39. The lowest BCUT2D eigenvalue weighted by Crippen LogP contribution is -2.19. The van der Waals surface area contributed by atoms with Crippen molar-refractivity contribution in [1.29, 1.82) is 0 Å². The Morgan fingerprint density at radius 2 is 1.95 bits per heavy atom. The van der Waals surface area contributed by atoms with Crippen LogP contribution in [0.25, 0.3) is 11.4 Å². The molecule has 3 rings (SSSR count). The van der Waals surface area contributed by atoms with Crippen LogP contribution in [0.15, 0.2) is 6.07 Å². The first kappa shape index (κ1) is 16.2. The van der Waals surface area contributed by atoms with Gasteiger partial charge in [-0.15, -0.1) is 0 Å². The number of rotatable bonds is 3. The van der Waals surface area contributed by atoms with Crippen molar-refractivity contribution >= 4 is 11.8 Å². The number of nitrogens with one attached hydrogen (secondary N) is 1.